The fourth-order valence-electron chi connectivity index (χ4n) is 2.60. The second-order valence-corrected chi connectivity index (χ2v) is 5.23. The van der Waals surface area contributed by atoms with Crippen molar-refractivity contribution in [3.63, 3.8) is 0 Å². The minimum Gasteiger partial charge on any atom is -0.399 e. The van der Waals surface area contributed by atoms with Crippen LogP contribution in [0.25, 0.3) is 0 Å². The summed E-state index contributed by atoms with van der Waals surface area (Å²) in [6, 6.07) is 14.3. The number of hydrogen-bond donors (Lipinski definition) is 1. The van der Waals surface area contributed by atoms with E-state index in [4.69, 9.17) is 5.73 Å². The molecule has 1 aliphatic carbocycles. The fourth-order valence-corrected chi connectivity index (χ4v) is 2.60. The highest BCUT2D eigenvalue weighted by Crippen LogP contribution is 2.28. The van der Waals surface area contributed by atoms with E-state index in [1.54, 1.807) is 43.3 Å². The lowest BCUT2D eigenvalue weighted by molar-refractivity contribution is 0.0973. The van der Waals surface area contributed by atoms with Gasteiger partial charge in [-0.2, -0.15) is 0 Å². The summed E-state index contributed by atoms with van der Waals surface area (Å²) in [5.74, 6) is -0.116. The number of fused-ring (bicyclic) bond motifs is 1. The number of hydrogen-bond acceptors (Lipinski definition) is 3. The number of Topliss-reactive ketones (excluding diaryl/α,β-unsaturated/α-hetero) is 2. The molecule has 0 aromatic heterocycles. The van der Waals surface area contributed by atoms with Crippen LogP contribution in [0.4, 0.5) is 5.69 Å². The van der Waals surface area contributed by atoms with Crippen LogP contribution >= 0.6 is 0 Å². The van der Waals surface area contributed by atoms with Gasteiger partial charge in [0.25, 0.3) is 0 Å². The van der Waals surface area contributed by atoms with Gasteiger partial charge in [0.2, 0.25) is 0 Å². The molecule has 0 saturated carbocycles. The van der Waals surface area contributed by atoms with Gasteiger partial charge in [-0.15, -0.1) is 0 Å². The number of nitrogen functional groups attached to an aromatic ring is 1. The molecule has 0 aliphatic heterocycles. The quantitative estimate of drug-likeness (QED) is 0.857. The first kappa shape index (κ1) is 13.3. The second kappa shape index (κ2) is 5.02. The Labute approximate surface area is 123 Å². The highest BCUT2D eigenvalue weighted by atomic mass is 16.1. The van der Waals surface area contributed by atoms with Crippen molar-refractivity contribution in [3.8, 4) is 0 Å². The van der Waals surface area contributed by atoms with Crippen LogP contribution in [-0.4, -0.2) is 11.6 Å². The van der Waals surface area contributed by atoms with Gasteiger partial charge in [0.15, 0.2) is 11.6 Å². The lowest BCUT2D eigenvalue weighted by Gasteiger charge is -2.19. The predicted molar refractivity (Wildman–Crippen MR) is 82.4 cm³/mol. The summed E-state index contributed by atoms with van der Waals surface area (Å²) in [4.78, 5) is 25.0. The van der Waals surface area contributed by atoms with E-state index in [1.165, 1.54) is 0 Å². The molecule has 0 unspecified atom stereocenters. The Balaban J connectivity index is 2.02. The van der Waals surface area contributed by atoms with Gasteiger partial charge in [0.05, 0.1) is 0 Å². The number of rotatable bonds is 2. The summed E-state index contributed by atoms with van der Waals surface area (Å²) in [5, 5.41) is 0. The van der Waals surface area contributed by atoms with Crippen molar-refractivity contribution in [2.24, 2.45) is 0 Å². The molecule has 2 aromatic rings. The van der Waals surface area contributed by atoms with E-state index in [1.807, 2.05) is 12.1 Å². The molecule has 0 saturated heterocycles. The molecule has 0 amide bonds. The highest BCUT2D eigenvalue weighted by molar-refractivity contribution is 6.26. The van der Waals surface area contributed by atoms with Gasteiger partial charge in [-0.05, 0) is 24.6 Å². The molecule has 3 heteroatoms. The Morgan fingerprint density at radius 1 is 0.857 bits per heavy atom. The zero-order chi connectivity index (χ0) is 15.0. The predicted octanol–water partition coefficient (Wildman–Crippen LogP) is 3.21. The first-order valence-electron chi connectivity index (χ1n) is 6.80. The van der Waals surface area contributed by atoms with Gasteiger partial charge in [-0.1, -0.05) is 36.4 Å². The van der Waals surface area contributed by atoms with Crippen molar-refractivity contribution in [2.45, 2.75) is 13.3 Å². The van der Waals surface area contributed by atoms with Crippen LogP contribution in [0.3, 0.4) is 0 Å². The third-order valence-corrected chi connectivity index (χ3v) is 3.84. The molecule has 104 valence electrons. The third kappa shape index (κ3) is 2.27. The van der Waals surface area contributed by atoms with Gasteiger partial charge in [-0.3, -0.25) is 9.59 Å². The molecule has 2 aromatic carbocycles. The normalized spacial score (nSPS) is 14.3. The summed E-state index contributed by atoms with van der Waals surface area (Å²) in [7, 11) is 0. The number of anilines is 1. The summed E-state index contributed by atoms with van der Waals surface area (Å²) >= 11 is 0. The van der Waals surface area contributed by atoms with E-state index in [0.717, 1.165) is 5.56 Å². The van der Waals surface area contributed by atoms with Crippen molar-refractivity contribution in [2.75, 3.05) is 5.73 Å². The summed E-state index contributed by atoms with van der Waals surface area (Å²) in [6.45, 7) is 1.73. The molecule has 3 nitrogen and oxygen atoms in total. The molecular formula is C18H15NO2. The summed E-state index contributed by atoms with van der Waals surface area (Å²) < 4.78 is 0. The number of allylic oxidation sites excluding steroid dienone is 2. The van der Waals surface area contributed by atoms with Gasteiger partial charge in [0, 0.05) is 34.4 Å². The first-order chi connectivity index (χ1) is 10.1. The first-order valence-corrected chi connectivity index (χ1v) is 6.80. The average Bonchev–Trinajstić information content (AvgIpc) is 2.51. The number of benzene rings is 2. The van der Waals surface area contributed by atoms with E-state index in [9.17, 15) is 9.59 Å². The molecule has 0 fully saturated rings. The topological polar surface area (TPSA) is 60.2 Å². The average molecular weight is 277 g/mol. The molecule has 0 spiro atoms. The minimum atomic E-state index is -0.0596. The zero-order valence-corrected chi connectivity index (χ0v) is 11.7. The molecule has 21 heavy (non-hydrogen) atoms. The maximum absolute atomic E-state index is 12.6. The van der Waals surface area contributed by atoms with Crippen molar-refractivity contribution in [1.82, 2.24) is 0 Å². The van der Waals surface area contributed by atoms with E-state index in [0.29, 0.717) is 34.4 Å². The lowest BCUT2D eigenvalue weighted by Crippen LogP contribution is -2.22. The van der Waals surface area contributed by atoms with Gasteiger partial charge in [0.1, 0.15) is 0 Å². The Kier molecular flexibility index (Phi) is 3.18. The third-order valence-electron chi connectivity index (χ3n) is 3.84. The van der Waals surface area contributed by atoms with Crippen LogP contribution in [0, 0.1) is 0 Å². The SMILES string of the molecule is CC1=C(Cc2ccc(N)cc2)C(=O)c2ccccc2C1=O. The van der Waals surface area contributed by atoms with Crippen molar-refractivity contribution in [1.29, 1.82) is 0 Å². The number of nitrogens with two attached hydrogens (primary N) is 1. The Morgan fingerprint density at radius 2 is 1.43 bits per heavy atom. The molecule has 2 N–H and O–H groups in total. The van der Waals surface area contributed by atoms with Crippen LogP contribution in [-0.2, 0) is 6.42 Å². The second-order valence-electron chi connectivity index (χ2n) is 5.23. The van der Waals surface area contributed by atoms with Gasteiger partial charge < -0.3 is 5.73 Å². The van der Waals surface area contributed by atoms with E-state index >= 15 is 0 Å². The molecule has 0 radical (unpaired) electrons. The number of ketones is 2. The van der Waals surface area contributed by atoms with E-state index in [2.05, 4.69) is 0 Å². The number of carbonyl (C=O) groups is 2. The van der Waals surface area contributed by atoms with Crippen LogP contribution in [0.5, 0.6) is 0 Å². The Hall–Kier alpha value is -2.68. The van der Waals surface area contributed by atoms with Crippen LogP contribution in [0.15, 0.2) is 59.7 Å². The van der Waals surface area contributed by atoms with Crippen molar-refractivity contribution in [3.05, 3.63) is 76.4 Å². The van der Waals surface area contributed by atoms with Crippen LogP contribution < -0.4 is 5.73 Å². The molecule has 3 rings (SSSR count). The summed E-state index contributed by atoms with van der Waals surface area (Å²) in [5.41, 5.74) is 9.43. The van der Waals surface area contributed by atoms with Crippen molar-refractivity contribution < 1.29 is 9.59 Å². The van der Waals surface area contributed by atoms with Crippen LogP contribution in [0.2, 0.25) is 0 Å². The standard InChI is InChI=1S/C18H15NO2/c1-11-16(10-12-6-8-13(19)9-7-12)18(21)15-5-3-2-4-14(15)17(11)20/h2-9H,10,19H2,1H3. The number of carbonyl (C=O) groups excluding carboxylic acids is 2. The van der Waals surface area contributed by atoms with E-state index < -0.39 is 0 Å². The fraction of sp³-hybridized carbons (Fsp3) is 0.111. The molecule has 0 bridgehead atoms. The Bertz CT molecular complexity index is 770. The zero-order valence-electron chi connectivity index (χ0n) is 11.7. The van der Waals surface area contributed by atoms with Gasteiger partial charge in [-0.25, -0.2) is 0 Å². The lowest BCUT2D eigenvalue weighted by atomic mass is 9.82. The maximum atomic E-state index is 12.6. The molecule has 1 aliphatic rings. The molecular weight excluding hydrogens is 262 g/mol. The largest absolute Gasteiger partial charge is 0.399 e. The summed E-state index contributed by atoms with van der Waals surface area (Å²) in [6.07, 6.45) is 0.449. The highest BCUT2D eigenvalue weighted by Gasteiger charge is 2.29. The Morgan fingerprint density at radius 3 is 2.05 bits per heavy atom. The molecule has 0 heterocycles. The monoisotopic (exact) mass is 277 g/mol. The van der Waals surface area contributed by atoms with Crippen LogP contribution in [0.1, 0.15) is 33.2 Å². The maximum Gasteiger partial charge on any atom is 0.190 e. The van der Waals surface area contributed by atoms with Crippen molar-refractivity contribution >= 4 is 17.3 Å². The smallest absolute Gasteiger partial charge is 0.190 e. The molecule has 0 atom stereocenters. The van der Waals surface area contributed by atoms with Gasteiger partial charge >= 0.3 is 0 Å². The minimum absolute atomic E-state index is 0.0560. The van der Waals surface area contributed by atoms with E-state index in [-0.39, 0.29) is 11.6 Å².